The van der Waals surface area contributed by atoms with Crippen LogP contribution in [0.15, 0.2) is 78.9 Å². The number of fused-ring (bicyclic) bond motifs is 1. The van der Waals surface area contributed by atoms with E-state index in [1.54, 1.807) is 6.07 Å². The van der Waals surface area contributed by atoms with Crippen LogP contribution in [-0.4, -0.2) is 4.98 Å². The molecular weight excluding hydrogens is 349 g/mol. The molecule has 3 aromatic carbocycles. The van der Waals surface area contributed by atoms with Gasteiger partial charge in [0.1, 0.15) is 11.6 Å². The minimum Gasteiger partial charge on any atom is -0.438 e. The van der Waals surface area contributed by atoms with Crippen LogP contribution < -0.4 is 4.74 Å². The van der Waals surface area contributed by atoms with Gasteiger partial charge in [-0.3, -0.25) is 0 Å². The Morgan fingerprint density at radius 3 is 2.21 bits per heavy atom. The van der Waals surface area contributed by atoms with Crippen molar-refractivity contribution in [2.75, 3.05) is 0 Å². The first-order valence-electron chi connectivity index (χ1n) is 9.34. The second-order valence-electron chi connectivity index (χ2n) is 7.92. The molecule has 1 aromatic heterocycles. The van der Waals surface area contributed by atoms with E-state index in [1.165, 1.54) is 17.7 Å². The van der Waals surface area contributed by atoms with E-state index in [-0.39, 0.29) is 11.2 Å². The maximum absolute atomic E-state index is 13.8. The number of halogens is 1. The first-order valence-corrected chi connectivity index (χ1v) is 9.34. The zero-order chi connectivity index (χ0) is 19.7. The smallest absolute Gasteiger partial charge is 0.227 e. The minimum absolute atomic E-state index is 0.0776. The molecule has 4 aromatic rings. The number of hydrogen-bond donors (Lipinski definition) is 0. The van der Waals surface area contributed by atoms with Gasteiger partial charge >= 0.3 is 0 Å². The molecule has 0 unspecified atom stereocenters. The van der Waals surface area contributed by atoms with E-state index in [9.17, 15) is 4.39 Å². The van der Waals surface area contributed by atoms with Crippen LogP contribution >= 0.6 is 0 Å². The molecule has 0 fully saturated rings. The van der Waals surface area contributed by atoms with E-state index in [4.69, 9.17) is 9.72 Å². The van der Waals surface area contributed by atoms with Crippen molar-refractivity contribution in [2.45, 2.75) is 26.2 Å². The summed E-state index contributed by atoms with van der Waals surface area (Å²) in [7, 11) is 0. The van der Waals surface area contributed by atoms with Crippen molar-refractivity contribution in [2.24, 2.45) is 0 Å². The highest BCUT2D eigenvalue weighted by atomic mass is 19.1. The molecule has 0 aliphatic heterocycles. The summed E-state index contributed by atoms with van der Waals surface area (Å²) in [6.07, 6.45) is 0. The lowest BCUT2D eigenvalue weighted by Crippen LogP contribution is -2.10. The summed E-state index contributed by atoms with van der Waals surface area (Å²) in [5, 5.41) is 1.54. The molecule has 0 saturated carbocycles. The van der Waals surface area contributed by atoms with Gasteiger partial charge in [0.25, 0.3) is 0 Å². The van der Waals surface area contributed by atoms with Crippen LogP contribution in [0.4, 0.5) is 4.39 Å². The fourth-order valence-electron chi connectivity index (χ4n) is 3.17. The molecule has 140 valence electrons. The van der Waals surface area contributed by atoms with Crippen molar-refractivity contribution in [1.29, 1.82) is 0 Å². The van der Waals surface area contributed by atoms with Crippen LogP contribution in [0.25, 0.3) is 22.0 Å². The molecule has 4 rings (SSSR count). The number of nitrogens with zero attached hydrogens (tertiary/aromatic N) is 1. The number of aromatic nitrogens is 1. The predicted octanol–water partition coefficient (Wildman–Crippen LogP) is 7.13. The van der Waals surface area contributed by atoms with Crippen molar-refractivity contribution in [1.82, 2.24) is 4.98 Å². The highest BCUT2D eigenvalue weighted by Gasteiger charge is 2.14. The molecular formula is C25H22FNO. The summed E-state index contributed by atoms with van der Waals surface area (Å²) >= 11 is 0. The van der Waals surface area contributed by atoms with Gasteiger partial charge in [-0.1, -0.05) is 63.2 Å². The Kier molecular flexibility index (Phi) is 4.60. The maximum atomic E-state index is 13.8. The van der Waals surface area contributed by atoms with E-state index in [0.29, 0.717) is 11.6 Å². The highest BCUT2D eigenvalue weighted by Crippen LogP contribution is 2.33. The summed E-state index contributed by atoms with van der Waals surface area (Å²) in [4.78, 5) is 4.72. The van der Waals surface area contributed by atoms with Gasteiger partial charge in [0.15, 0.2) is 0 Å². The van der Waals surface area contributed by atoms with Crippen molar-refractivity contribution in [3.63, 3.8) is 0 Å². The number of hydrogen-bond acceptors (Lipinski definition) is 2. The average Bonchev–Trinajstić information content (AvgIpc) is 2.68. The standard InChI is InChI=1S/C25H22FNO/c1-25(2,3)19-9-12-21(13-10-19)28-24-22-14-11-20(26)15-18(22)16-23(27-24)17-7-5-4-6-8-17/h4-16H,1-3H3. The molecule has 0 bridgehead atoms. The quantitative estimate of drug-likeness (QED) is 0.382. The Balaban J connectivity index is 1.79. The van der Waals surface area contributed by atoms with E-state index in [2.05, 4.69) is 32.9 Å². The first kappa shape index (κ1) is 18.2. The van der Waals surface area contributed by atoms with Gasteiger partial charge in [-0.15, -0.1) is 0 Å². The van der Waals surface area contributed by atoms with Crippen LogP contribution in [0.3, 0.4) is 0 Å². The van der Waals surface area contributed by atoms with Crippen LogP contribution in [0.1, 0.15) is 26.3 Å². The Morgan fingerprint density at radius 2 is 1.54 bits per heavy atom. The van der Waals surface area contributed by atoms with Crippen molar-refractivity contribution in [3.8, 4) is 22.9 Å². The zero-order valence-corrected chi connectivity index (χ0v) is 16.2. The third-order valence-electron chi connectivity index (χ3n) is 4.76. The van der Waals surface area contributed by atoms with Gasteiger partial charge in [0.05, 0.1) is 5.69 Å². The summed E-state index contributed by atoms with van der Waals surface area (Å²) < 4.78 is 20.0. The van der Waals surface area contributed by atoms with Crippen molar-refractivity contribution in [3.05, 3.63) is 90.2 Å². The second-order valence-corrected chi connectivity index (χ2v) is 7.92. The monoisotopic (exact) mass is 371 g/mol. The fourth-order valence-corrected chi connectivity index (χ4v) is 3.17. The van der Waals surface area contributed by atoms with E-state index < -0.39 is 0 Å². The topological polar surface area (TPSA) is 22.1 Å². The first-order chi connectivity index (χ1) is 13.4. The Hall–Kier alpha value is -3.20. The van der Waals surface area contributed by atoms with Gasteiger partial charge in [0, 0.05) is 10.9 Å². The zero-order valence-electron chi connectivity index (χ0n) is 16.2. The number of ether oxygens (including phenoxy) is 1. The summed E-state index contributed by atoms with van der Waals surface area (Å²) in [5.74, 6) is 0.898. The Bertz CT molecular complexity index is 1110. The third kappa shape index (κ3) is 3.74. The molecule has 0 spiro atoms. The van der Waals surface area contributed by atoms with Gasteiger partial charge in [-0.05, 0) is 52.8 Å². The number of pyridine rings is 1. The molecule has 0 atom stereocenters. The average molecular weight is 371 g/mol. The summed E-state index contributed by atoms with van der Waals surface area (Å²) in [6.45, 7) is 6.53. The summed E-state index contributed by atoms with van der Waals surface area (Å²) in [5.41, 5.74) is 3.02. The molecule has 0 aliphatic carbocycles. The molecule has 0 aliphatic rings. The van der Waals surface area contributed by atoms with Gasteiger partial charge in [-0.2, -0.15) is 0 Å². The molecule has 3 heteroatoms. The van der Waals surface area contributed by atoms with Gasteiger partial charge < -0.3 is 4.74 Å². The molecule has 0 radical (unpaired) electrons. The molecule has 0 N–H and O–H groups in total. The van der Waals surface area contributed by atoms with Gasteiger partial charge in [-0.25, -0.2) is 9.37 Å². The minimum atomic E-state index is -0.279. The largest absolute Gasteiger partial charge is 0.438 e. The molecule has 28 heavy (non-hydrogen) atoms. The highest BCUT2D eigenvalue weighted by molar-refractivity contribution is 5.90. The Labute approximate surface area is 164 Å². The van der Waals surface area contributed by atoms with Crippen LogP contribution in [0.2, 0.25) is 0 Å². The molecule has 2 nitrogen and oxygen atoms in total. The fraction of sp³-hybridized carbons (Fsp3) is 0.160. The van der Waals surface area contributed by atoms with E-state index in [0.717, 1.165) is 22.0 Å². The van der Waals surface area contributed by atoms with Crippen LogP contribution in [-0.2, 0) is 5.41 Å². The predicted molar refractivity (Wildman–Crippen MR) is 112 cm³/mol. The third-order valence-corrected chi connectivity index (χ3v) is 4.76. The van der Waals surface area contributed by atoms with Gasteiger partial charge in [0.2, 0.25) is 5.88 Å². The van der Waals surface area contributed by atoms with E-state index in [1.807, 2.05) is 48.5 Å². The van der Waals surface area contributed by atoms with Crippen molar-refractivity contribution >= 4 is 10.8 Å². The molecule has 0 saturated heterocycles. The molecule has 1 heterocycles. The maximum Gasteiger partial charge on any atom is 0.227 e. The second kappa shape index (κ2) is 7.08. The van der Waals surface area contributed by atoms with E-state index >= 15 is 0 Å². The normalized spacial score (nSPS) is 11.6. The lowest BCUT2D eigenvalue weighted by Gasteiger charge is -2.19. The SMILES string of the molecule is CC(C)(C)c1ccc(Oc2nc(-c3ccccc3)cc3cc(F)ccc23)cc1. The van der Waals surface area contributed by atoms with Crippen molar-refractivity contribution < 1.29 is 9.13 Å². The van der Waals surface area contributed by atoms with Crippen LogP contribution in [0.5, 0.6) is 11.6 Å². The molecule has 0 amide bonds. The Morgan fingerprint density at radius 1 is 0.821 bits per heavy atom. The summed E-state index contributed by atoms with van der Waals surface area (Å²) in [6, 6.07) is 24.4. The lowest BCUT2D eigenvalue weighted by atomic mass is 9.87. The lowest BCUT2D eigenvalue weighted by molar-refractivity contribution is 0.468. The number of benzene rings is 3. The van der Waals surface area contributed by atoms with Crippen LogP contribution in [0, 0.1) is 5.82 Å². The number of rotatable bonds is 3.